The highest BCUT2D eigenvalue weighted by Gasteiger charge is 2.43. The zero-order chi connectivity index (χ0) is 14.4. The summed E-state index contributed by atoms with van der Waals surface area (Å²) in [5, 5.41) is 9.00. The molecule has 2 unspecified atom stereocenters. The molecule has 1 heterocycles. The molecule has 1 aliphatic carbocycles. The third kappa shape index (κ3) is 4.18. The standard InChI is InChI=1S/C16H24O4/c1-2-3-5-8-13-11-14(12-15(17)18)20-16(19-13)9-6-4-7-10-16/h2-3,5,8,13-14H,4,6-7,9-12H2,1H3,(H,17,18). The van der Waals surface area contributed by atoms with Crippen LogP contribution in [0.25, 0.3) is 0 Å². The molecule has 2 atom stereocenters. The Morgan fingerprint density at radius 2 is 2.00 bits per heavy atom. The summed E-state index contributed by atoms with van der Waals surface area (Å²) in [7, 11) is 0. The largest absolute Gasteiger partial charge is 0.481 e. The van der Waals surface area contributed by atoms with E-state index in [1.165, 1.54) is 6.42 Å². The van der Waals surface area contributed by atoms with Crippen molar-refractivity contribution >= 4 is 5.97 Å². The zero-order valence-electron chi connectivity index (χ0n) is 12.1. The van der Waals surface area contributed by atoms with Gasteiger partial charge in [0.2, 0.25) is 0 Å². The topological polar surface area (TPSA) is 55.8 Å². The van der Waals surface area contributed by atoms with E-state index in [2.05, 4.69) is 0 Å². The minimum atomic E-state index is -0.806. The number of aliphatic carboxylic acids is 1. The molecule has 2 aliphatic rings. The summed E-state index contributed by atoms with van der Waals surface area (Å²) in [5.74, 6) is -1.36. The van der Waals surface area contributed by atoms with Crippen molar-refractivity contribution in [3.8, 4) is 0 Å². The summed E-state index contributed by atoms with van der Waals surface area (Å²) < 4.78 is 12.1. The van der Waals surface area contributed by atoms with Gasteiger partial charge in [-0.05, 0) is 19.8 Å². The first kappa shape index (κ1) is 15.3. The van der Waals surface area contributed by atoms with Gasteiger partial charge in [0.25, 0.3) is 0 Å². The van der Waals surface area contributed by atoms with E-state index in [9.17, 15) is 4.79 Å². The highest BCUT2D eigenvalue weighted by atomic mass is 16.7. The molecule has 1 saturated carbocycles. The van der Waals surface area contributed by atoms with Gasteiger partial charge in [-0.1, -0.05) is 30.7 Å². The summed E-state index contributed by atoms with van der Waals surface area (Å²) in [6, 6.07) is 0. The second kappa shape index (κ2) is 7.04. The number of ether oxygens (including phenoxy) is 2. The Balaban J connectivity index is 2.07. The van der Waals surface area contributed by atoms with Crippen molar-refractivity contribution in [3.05, 3.63) is 24.3 Å². The third-order valence-corrected chi connectivity index (χ3v) is 3.89. The van der Waals surface area contributed by atoms with Crippen LogP contribution in [-0.4, -0.2) is 29.1 Å². The molecular weight excluding hydrogens is 256 g/mol. The fourth-order valence-electron chi connectivity index (χ4n) is 3.03. The highest BCUT2D eigenvalue weighted by molar-refractivity contribution is 5.67. The van der Waals surface area contributed by atoms with Crippen LogP contribution in [-0.2, 0) is 14.3 Å². The number of hydrogen-bond donors (Lipinski definition) is 1. The number of carboxylic acids is 1. The first-order chi connectivity index (χ1) is 9.63. The molecular formula is C16H24O4. The minimum absolute atomic E-state index is 0.0533. The third-order valence-electron chi connectivity index (χ3n) is 3.89. The van der Waals surface area contributed by atoms with E-state index in [-0.39, 0.29) is 18.6 Å². The smallest absolute Gasteiger partial charge is 0.305 e. The number of carbonyl (C=O) groups is 1. The monoisotopic (exact) mass is 280 g/mol. The van der Waals surface area contributed by atoms with Gasteiger partial charge in [-0.15, -0.1) is 0 Å². The molecule has 4 heteroatoms. The van der Waals surface area contributed by atoms with Crippen molar-refractivity contribution in [1.82, 2.24) is 0 Å². The zero-order valence-corrected chi connectivity index (χ0v) is 12.1. The molecule has 0 bridgehead atoms. The lowest BCUT2D eigenvalue weighted by Crippen LogP contribution is -2.49. The molecule has 0 aromatic heterocycles. The molecule has 0 aromatic carbocycles. The lowest BCUT2D eigenvalue weighted by atomic mass is 9.91. The predicted octanol–water partition coefficient (Wildman–Crippen LogP) is 3.43. The summed E-state index contributed by atoms with van der Waals surface area (Å²) in [5.41, 5.74) is 0. The van der Waals surface area contributed by atoms with E-state index in [0.29, 0.717) is 6.42 Å². The van der Waals surface area contributed by atoms with Crippen molar-refractivity contribution in [2.24, 2.45) is 0 Å². The molecule has 0 aromatic rings. The van der Waals surface area contributed by atoms with Crippen LogP contribution in [0.5, 0.6) is 0 Å². The van der Waals surface area contributed by atoms with Gasteiger partial charge in [0.05, 0.1) is 18.6 Å². The molecule has 1 saturated heterocycles. The molecule has 4 nitrogen and oxygen atoms in total. The Morgan fingerprint density at radius 1 is 1.25 bits per heavy atom. The molecule has 1 spiro atoms. The Labute approximate surface area is 120 Å². The van der Waals surface area contributed by atoms with Crippen LogP contribution in [0.4, 0.5) is 0 Å². The number of allylic oxidation sites excluding steroid dienone is 3. The van der Waals surface area contributed by atoms with Crippen molar-refractivity contribution in [1.29, 1.82) is 0 Å². The highest BCUT2D eigenvalue weighted by Crippen LogP contribution is 2.40. The fraction of sp³-hybridized carbons (Fsp3) is 0.688. The van der Waals surface area contributed by atoms with Gasteiger partial charge in [0.1, 0.15) is 0 Å². The molecule has 0 amide bonds. The molecule has 20 heavy (non-hydrogen) atoms. The Bertz CT molecular complexity index is 380. The van der Waals surface area contributed by atoms with Gasteiger partial charge in [-0.3, -0.25) is 4.79 Å². The first-order valence-electron chi connectivity index (χ1n) is 7.50. The molecule has 1 aliphatic heterocycles. The van der Waals surface area contributed by atoms with Crippen LogP contribution in [0.3, 0.4) is 0 Å². The van der Waals surface area contributed by atoms with E-state index in [4.69, 9.17) is 14.6 Å². The average Bonchev–Trinajstić information content (AvgIpc) is 2.38. The fourth-order valence-corrected chi connectivity index (χ4v) is 3.03. The maximum Gasteiger partial charge on any atom is 0.305 e. The van der Waals surface area contributed by atoms with Gasteiger partial charge < -0.3 is 14.6 Å². The van der Waals surface area contributed by atoms with E-state index in [0.717, 1.165) is 25.7 Å². The van der Waals surface area contributed by atoms with Gasteiger partial charge in [-0.2, -0.15) is 0 Å². The van der Waals surface area contributed by atoms with Gasteiger partial charge in [0, 0.05) is 19.3 Å². The number of hydrogen-bond acceptors (Lipinski definition) is 3. The lowest BCUT2D eigenvalue weighted by molar-refractivity contribution is -0.320. The second-order valence-electron chi connectivity index (χ2n) is 5.61. The quantitative estimate of drug-likeness (QED) is 0.802. The van der Waals surface area contributed by atoms with Crippen molar-refractivity contribution in [2.45, 2.75) is 69.9 Å². The summed E-state index contributed by atoms with van der Waals surface area (Å²) >= 11 is 0. The van der Waals surface area contributed by atoms with E-state index < -0.39 is 11.8 Å². The van der Waals surface area contributed by atoms with Crippen molar-refractivity contribution in [2.75, 3.05) is 0 Å². The van der Waals surface area contributed by atoms with Gasteiger partial charge in [0.15, 0.2) is 5.79 Å². The maximum atomic E-state index is 11.0. The average molecular weight is 280 g/mol. The van der Waals surface area contributed by atoms with Crippen LogP contribution in [0.2, 0.25) is 0 Å². The SMILES string of the molecule is CC=CC=CC1CC(CC(=O)O)OC2(CCCCC2)O1. The first-order valence-corrected chi connectivity index (χ1v) is 7.50. The molecule has 2 fully saturated rings. The predicted molar refractivity (Wildman–Crippen MR) is 76.4 cm³/mol. The van der Waals surface area contributed by atoms with E-state index >= 15 is 0 Å². The van der Waals surface area contributed by atoms with Crippen LogP contribution >= 0.6 is 0 Å². The lowest BCUT2D eigenvalue weighted by Gasteiger charge is -2.46. The Hall–Kier alpha value is -1.13. The van der Waals surface area contributed by atoms with Gasteiger partial charge in [-0.25, -0.2) is 0 Å². The normalized spacial score (nSPS) is 30.2. The summed E-state index contributed by atoms with van der Waals surface area (Å²) in [4.78, 5) is 11.0. The molecule has 112 valence electrons. The number of carboxylic acid groups (broad SMARTS) is 1. The van der Waals surface area contributed by atoms with Crippen molar-refractivity contribution < 1.29 is 19.4 Å². The Morgan fingerprint density at radius 3 is 2.65 bits per heavy atom. The van der Waals surface area contributed by atoms with Gasteiger partial charge >= 0.3 is 5.97 Å². The van der Waals surface area contributed by atoms with Crippen LogP contribution in [0.1, 0.15) is 51.9 Å². The minimum Gasteiger partial charge on any atom is -0.481 e. The summed E-state index contributed by atoms with van der Waals surface area (Å²) in [6.07, 6.45) is 13.4. The van der Waals surface area contributed by atoms with E-state index in [1.54, 1.807) is 0 Å². The summed E-state index contributed by atoms with van der Waals surface area (Å²) in [6.45, 7) is 1.96. The number of rotatable bonds is 4. The Kier molecular flexibility index (Phi) is 5.38. The van der Waals surface area contributed by atoms with Crippen LogP contribution in [0, 0.1) is 0 Å². The van der Waals surface area contributed by atoms with Crippen LogP contribution in [0.15, 0.2) is 24.3 Å². The molecule has 2 rings (SSSR count). The maximum absolute atomic E-state index is 11.0. The van der Waals surface area contributed by atoms with E-state index in [1.807, 2.05) is 31.2 Å². The van der Waals surface area contributed by atoms with Crippen LogP contribution < -0.4 is 0 Å². The second-order valence-corrected chi connectivity index (χ2v) is 5.61. The molecule has 0 radical (unpaired) electrons. The molecule has 1 N–H and O–H groups in total. The van der Waals surface area contributed by atoms with Crippen molar-refractivity contribution in [3.63, 3.8) is 0 Å².